The highest BCUT2D eigenvalue weighted by Crippen LogP contribution is 2.32. The second-order valence-electron chi connectivity index (χ2n) is 7.33. The van der Waals surface area contributed by atoms with Gasteiger partial charge in [0.05, 0.1) is 24.3 Å². The molecule has 3 heterocycles. The summed E-state index contributed by atoms with van der Waals surface area (Å²) in [6.07, 6.45) is 2.98. The standard InChI is InChI=1S/C20H23N5O4S/c1-29-18(28)14-7-2-3-8-15(14)21-17(27)13-6-4-10-24(12-13)19-22-23-20(30-19)25-11-5-9-16(25)26/h2-3,7-8,13H,4-6,9-12H2,1H3,(H,21,27)/t13-/m1/s1. The number of nitrogens with one attached hydrogen (secondary N) is 1. The zero-order chi connectivity index (χ0) is 21.1. The number of hydrogen-bond donors (Lipinski definition) is 1. The number of amides is 2. The minimum absolute atomic E-state index is 0.0814. The normalized spacial score (nSPS) is 19.1. The Hall–Kier alpha value is -3.01. The van der Waals surface area contributed by atoms with E-state index in [1.807, 2.05) is 4.90 Å². The van der Waals surface area contributed by atoms with Gasteiger partial charge in [0.1, 0.15) is 0 Å². The fourth-order valence-corrected chi connectivity index (χ4v) is 4.70. The zero-order valence-electron chi connectivity index (χ0n) is 16.7. The largest absolute Gasteiger partial charge is 0.465 e. The number of carbonyl (C=O) groups is 3. The average Bonchev–Trinajstić information content (AvgIpc) is 3.42. The predicted octanol–water partition coefficient (Wildman–Crippen LogP) is 2.31. The van der Waals surface area contributed by atoms with Crippen LogP contribution in [0.15, 0.2) is 24.3 Å². The molecule has 10 heteroatoms. The molecular weight excluding hydrogens is 406 g/mol. The van der Waals surface area contributed by atoms with Gasteiger partial charge in [-0.25, -0.2) is 4.79 Å². The van der Waals surface area contributed by atoms with E-state index in [0.717, 1.165) is 30.9 Å². The maximum Gasteiger partial charge on any atom is 0.339 e. The minimum Gasteiger partial charge on any atom is -0.465 e. The predicted molar refractivity (Wildman–Crippen MR) is 113 cm³/mol. The number of rotatable bonds is 5. The van der Waals surface area contributed by atoms with Crippen LogP contribution in [0.4, 0.5) is 16.0 Å². The molecule has 2 fully saturated rings. The number of aromatic nitrogens is 2. The Balaban J connectivity index is 1.43. The van der Waals surface area contributed by atoms with Crippen molar-refractivity contribution >= 4 is 45.1 Å². The van der Waals surface area contributed by atoms with E-state index in [1.165, 1.54) is 18.4 Å². The van der Waals surface area contributed by atoms with Crippen LogP contribution in [0.2, 0.25) is 0 Å². The van der Waals surface area contributed by atoms with Crippen molar-refractivity contribution in [3.63, 3.8) is 0 Å². The first-order chi connectivity index (χ1) is 14.6. The molecule has 0 spiro atoms. The molecule has 1 aromatic heterocycles. The number of methoxy groups -OCH3 is 1. The molecule has 1 N–H and O–H groups in total. The molecule has 2 aliphatic heterocycles. The summed E-state index contributed by atoms with van der Waals surface area (Å²) in [6.45, 7) is 1.97. The molecule has 0 radical (unpaired) electrons. The highest BCUT2D eigenvalue weighted by atomic mass is 32.1. The van der Waals surface area contributed by atoms with E-state index in [4.69, 9.17) is 4.74 Å². The van der Waals surface area contributed by atoms with E-state index in [1.54, 1.807) is 29.2 Å². The number of ether oxygens (including phenoxy) is 1. The third-order valence-electron chi connectivity index (χ3n) is 5.36. The van der Waals surface area contributed by atoms with Gasteiger partial charge in [-0.15, -0.1) is 10.2 Å². The van der Waals surface area contributed by atoms with E-state index < -0.39 is 5.97 Å². The summed E-state index contributed by atoms with van der Waals surface area (Å²) in [5, 5.41) is 12.6. The zero-order valence-corrected chi connectivity index (χ0v) is 17.5. The van der Waals surface area contributed by atoms with Crippen molar-refractivity contribution in [2.24, 2.45) is 5.92 Å². The molecule has 158 valence electrons. The van der Waals surface area contributed by atoms with Crippen molar-refractivity contribution in [1.82, 2.24) is 10.2 Å². The van der Waals surface area contributed by atoms with Crippen LogP contribution in [-0.4, -0.2) is 54.7 Å². The summed E-state index contributed by atoms with van der Waals surface area (Å²) in [6, 6.07) is 6.80. The number of hydrogen-bond acceptors (Lipinski definition) is 8. The SMILES string of the molecule is COC(=O)c1ccccc1NC(=O)[C@@H]1CCCN(c2nnc(N3CCCC3=O)s2)C1. The van der Waals surface area contributed by atoms with E-state index in [2.05, 4.69) is 15.5 Å². The molecule has 0 bridgehead atoms. The fourth-order valence-electron chi connectivity index (χ4n) is 3.78. The van der Waals surface area contributed by atoms with Crippen LogP contribution in [-0.2, 0) is 14.3 Å². The van der Waals surface area contributed by atoms with Crippen molar-refractivity contribution in [2.75, 3.05) is 41.9 Å². The van der Waals surface area contributed by atoms with Gasteiger partial charge < -0.3 is 15.0 Å². The lowest BCUT2D eigenvalue weighted by atomic mass is 9.97. The molecule has 9 nitrogen and oxygen atoms in total. The Morgan fingerprint density at radius 3 is 2.73 bits per heavy atom. The van der Waals surface area contributed by atoms with Crippen molar-refractivity contribution in [2.45, 2.75) is 25.7 Å². The third kappa shape index (κ3) is 4.13. The van der Waals surface area contributed by atoms with E-state index in [-0.39, 0.29) is 17.7 Å². The lowest BCUT2D eigenvalue weighted by Gasteiger charge is -2.31. The van der Waals surface area contributed by atoms with Crippen LogP contribution in [0, 0.1) is 5.92 Å². The van der Waals surface area contributed by atoms with Crippen molar-refractivity contribution in [3.05, 3.63) is 29.8 Å². The van der Waals surface area contributed by atoms with Gasteiger partial charge in [0.2, 0.25) is 22.1 Å². The first-order valence-electron chi connectivity index (χ1n) is 9.94. The van der Waals surface area contributed by atoms with Gasteiger partial charge in [-0.3, -0.25) is 14.5 Å². The maximum atomic E-state index is 12.9. The smallest absolute Gasteiger partial charge is 0.339 e. The highest BCUT2D eigenvalue weighted by molar-refractivity contribution is 7.19. The summed E-state index contributed by atoms with van der Waals surface area (Å²) >= 11 is 1.38. The van der Waals surface area contributed by atoms with Gasteiger partial charge in [0, 0.05) is 26.1 Å². The Kier molecular flexibility index (Phi) is 5.93. The molecule has 30 heavy (non-hydrogen) atoms. The summed E-state index contributed by atoms with van der Waals surface area (Å²) in [7, 11) is 1.31. The van der Waals surface area contributed by atoms with Gasteiger partial charge in [-0.1, -0.05) is 23.5 Å². The number of anilines is 3. The molecular formula is C20H23N5O4S. The van der Waals surface area contributed by atoms with E-state index in [0.29, 0.717) is 35.9 Å². The molecule has 0 saturated carbocycles. The van der Waals surface area contributed by atoms with Crippen LogP contribution in [0.5, 0.6) is 0 Å². The second-order valence-corrected chi connectivity index (χ2v) is 8.26. The molecule has 0 unspecified atom stereocenters. The number of nitrogens with zero attached hydrogens (tertiary/aromatic N) is 4. The average molecular weight is 430 g/mol. The Morgan fingerprint density at radius 1 is 1.17 bits per heavy atom. The van der Waals surface area contributed by atoms with Crippen molar-refractivity contribution < 1.29 is 19.1 Å². The van der Waals surface area contributed by atoms with Gasteiger partial charge in [0.15, 0.2) is 0 Å². The lowest BCUT2D eigenvalue weighted by molar-refractivity contribution is -0.120. The van der Waals surface area contributed by atoms with Crippen LogP contribution >= 0.6 is 11.3 Å². The summed E-state index contributed by atoms with van der Waals surface area (Å²) < 4.78 is 4.79. The Bertz CT molecular complexity index is 962. The highest BCUT2D eigenvalue weighted by Gasteiger charge is 2.30. The first-order valence-corrected chi connectivity index (χ1v) is 10.8. The van der Waals surface area contributed by atoms with Crippen LogP contribution in [0.1, 0.15) is 36.0 Å². The maximum absolute atomic E-state index is 12.9. The molecule has 2 aliphatic rings. The number of para-hydroxylation sites is 1. The third-order valence-corrected chi connectivity index (χ3v) is 6.37. The lowest BCUT2D eigenvalue weighted by Crippen LogP contribution is -2.40. The topological polar surface area (TPSA) is 105 Å². The van der Waals surface area contributed by atoms with Crippen LogP contribution < -0.4 is 15.1 Å². The summed E-state index contributed by atoms with van der Waals surface area (Å²) in [4.78, 5) is 40.5. The van der Waals surface area contributed by atoms with Crippen LogP contribution in [0.3, 0.4) is 0 Å². The molecule has 1 aromatic carbocycles. The van der Waals surface area contributed by atoms with E-state index in [9.17, 15) is 14.4 Å². The van der Waals surface area contributed by atoms with Crippen LogP contribution in [0.25, 0.3) is 0 Å². The number of esters is 1. The van der Waals surface area contributed by atoms with Gasteiger partial charge in [-0.05, 0) is 31.4 Å². The molecule has 2 amide bonds. The first kappa shape index (κ1) is 20.3. The monoisotopic (exact) mass is 429 g/mol. The second kappa shape index (κ2) is 8.78. The van der Waals surface area contributed by atoms with Crippen molar-refractivity contribution in [3.8, 4) is 0 Å². The molecule has 1 atom stereocenters. The number of piperidine rings is 1. The summed E-state index contributed by atoms with van der Waals surface area (Å²) in [5.74, 6) is -0.798. The van der Waals surface area contributed by atoms with Gasteiger partial charge >= 0.3 is 5.97 Å². The molecule has 2 saturated heterocycles. The molecule has 0 aliphatic carbocycles. The number of benzene rings is 1. The molecule has 4 rings (SSSR count). The number of carbonyl (C=O) groups excluding carboxylic acids is 3. The molecule has 2 aromatic rings. The fraction of sp³-hybridized carbons (Fsp3) is 0.450. The quantitative estimate of drug-likeness (QED) is 0.727. The Morgan fingerprint density at radius 2 is 1.97 bits per heavy atom. The van der Waals surface area contributed by atoms with Gasteiger partial charge in [0.25, 0.3) is 0 Å². The van der Waals surface area contributed by atoms with Crippen molar-refractivity contribution in [1.29, 1.82) is 0 Å². The minimum atomic E-state index is -0.492. The van der Waals surface area contributed by atoms with Gasteiger partial charge in [-0.2, -0.15) is 0 Å². The Labute approximate surface area is 178 Å². The summed E-state index contributed by atoms with van der Waals surface area (Å²) in [5.41, 5.74) is 0.766. The van der Waals surface area contributed by atoms with E-state index >= 15 is 0 Å².